The van der Waals surface area contributed by atoms with Gasteiger partial charge in [0.15, 0.2) is 5.11 Å². The van der Waals surface area contributed by atoms with Crippen LogP contribution < -0.4 is 10.6 Å². The summed E-state index contributed by atoms with van der Waals surface area (Å²) in [5.41, 5.74) is 0.767. The van der Waals surface area contributed by atoms with Crippen LogP contribution in [0.4, 0.5) is 5.69 Å². The molecule has 6 heteroatoms. The largest absolute Gasteiger partial charge is 0.383 e. The molecular formula is C11H14BrClN2OS. The number of hydrogen-bond acceptors (Lipinski definition) is 2. The second-order valence-electron chi connectivity index (χ2n) is 3.58. The molecule has 1 atom stereocenters. The Bertz CT molecular complexity index is 403. The number of ether oxygens (including phenoxy) is 1. The molecule has 0 radical (unpaired) electrons. The summed E-state index contributed by atoms with van der Waals surface area (Å²) in [4.78, 5) is 0. The van der Waals surface area contributed by atoms with E-state index in [-0.39, 0.29) is 6.04 Å². The van der Waals surface area contributed by atoms with Gasteiger partial charge in [-0.2, -0.15) is 0 Å². The maximum atomic E-state index is 6.04. The van der Waals surface area contributed by atoms with E-state index in [4.69, 9.17) is 28.6 Å². The molecule has 0 saturated heterocycles. The van der Waals surface area contributed by atoms with E-state index in [1.807, 2.05) is 19.1 Å². The molecule has 0 aliphatic rings. The first kappa shape index (κ1) is 14.7. The van der Waals surface area contributed by atoms with Gasteiger partial charge in [-0.1, -0.05) is 27.5 Å². The van der Waals surface area contributed by atoms with Gasteiger partial charge in [-0.25, -0.2) is 0 Å². The van der Waals surface area contributed by atoms with Gasteiger partial charge in [0.2, 0.25) is 0 Å². The van der Waals surface area contributed by atoms with Gasteiger partial charge in [0.25, 0.3) is 0 Å². The number of methoxy groups -OCH3 is 1. The van der Waals surface area contributed by atoms with Gasteiger partial charge in [0, 0.05) is 17.6 Å². The van der Waals surface area contributed by atoms with E-state index in [0.717, 1.165) is 10.2 Å². The average Bonchev–Trinajstić information content (AvgIpc) is 2.23. The summed E-state index contributed by atoms with van der Waals surface area (Å²) in [6.45, 7) is 2.58. The minimum Gasteiger partial charge on any atom is -0.383 e. The van der Waals surface area contributed by atoms with Crippen LogP contribution >= 0.6 is 39.7 Å². The SMILES string of the molecule is COCC(C)NC(=S)Nc1cc(Br)ccc1Cl. The van der Waals surface area contributed by atoms with Crippen LogP contribution in [0.3, 0.4) is 0 Å². The summed E-state index contributed by atoms with van der Waals surface area (Å²) in [7, 11) is 1.65. The van der Waals surface area contributed by atoms with Crippen LogP contribution in [-0.2, 0) is 4.74 Å². The molecule has 17 heavy (non-hydrogen) atoms. The summed E-state index contributed by atoms with van der Waals surface area (Å²) < 4.78 is 5.96. The highest BCUT2D eigenvalue weighted by atomic mass is 79.9. The van der Waals surface area contributed by atoms with Gasteiger partial charge in [0.1, 0.15) is 0 Å². The molecule has 0 saturated carbocycles. The highest BCUT2D eigenvalue weighted by Crippen LogP contribution is 2.25. The second-order valence-corrected chi connectivity index (χ2v) is 5.31. The molecule has 1 aromatic carbocycles. The molecule has 1 aromatic rings. The van der Waals surface area contributed by atoms with Gasteiger partial charge < -0.3 is 15.4 Å². The molecule has 2 N–H and O–H groups in total. The summed E-state index contributed by atoms with van der Waals surface area (Å²) in [5, 5.41) is 7.29. The number of halogens is 2. The Morgan fingerprint density at radius 3 is 2.94 bits per heavy atom. The standard InChI is InChI=1S/C11H14BrClN2OS/c1-7(6-16-2)14-11(17)15-10-5-8(12)3-4-9(10)13/h3-5,7H,6H2,1-2H3,(H2,14,15,17). The first-order valence-corrected chi connectivity index (χ1v) is 6.62. The number of anilines is 1. The zero-order valence-electron chi connectivity index (χ0n) is 9.59. The van der Waals surface area contributed by atoms with E-state index in [1.165, 1.54) is 0 Å². The fourth-order valence-corrected chi connectivity index (χ4v) is 2.10. The van der Waals surface area contributed by atoms with Crippen molar-refractivity contribution in [2.24, 2.45) is 0 Å². The van der Waals surface area contributed by atoms with Crippen molar-refractivity contribution >= 4 is 50.5 Å². The third-order valence-corrected chi connectivity index (χ3v) is 3.01. The zero-order chi connectivity index (χ0) is 12.8. The topological polar surface area (TPSA) is 33.3 Å². The van der Waals surface area contributed by atoms with Crippen molar-refractivity contribution in [3.05, 3.63) is 27.7 Å². The minimum atomic E-state index is 0.144. The Morgan fingerprint density at radius 2 is 2.29 bits per heavy atom. The summed E-state index contributed by atoms with van der Waals surface area (Å²) in [6, 6.07) is 5.69. The van der Waals surface area contributed by atoms with E-state index in [1.54, 1.807) is 13.2 Å². The van der Waals surface area contributed by atoms with Crippen molar-refractivity contribution in [1.82, 2.24) is 5.32 Å². The van der Waals surface area contributed by atoms with Crippen molar-refractivity contribution in [1.29, 1.82) is 0 Å². The molecule has 1 unspecified atom stereocenters. The average molecular weight is 338 g/mol. The minimum absolute atomic E-state index is 0.144. The molecule has 0 aliphatic carbocycles. The number of thiocarbonyl (C=S) groups is 1. The highest BCUT2D eigenvalue weighted by molar-refractivity contribution is 9.10. The lowest BCUT2D eigenvalue weighted by Gasteiger charge is -2.16. The lowest BCUT2D eigenvalue weighted by Crippen LogP contribution is -2.38. The van der Waals surface area contributed by atoms with Crippen LogP contribution in [0.5, 0.6) is 0 Å². The predicted molar refractivity (Wildman–Crippen MR) is 79.8 cm³/mol. The molecular weight excluding hydrogens is 324 g/mol. The van der Waals surface area contributed by atoms with Crippen LogP contribution in [0.15, 0.2) is 22.7 Å². The smallest absolute Gasteiger partial charge is 0.171 e. The molecule has 0 aromatic heterocycles. The first-order chi connectivity index (χ1) is 8.02. The third-order valence-electron chi connectivity index (χ3n) is 1.97. The van der Waals surface area contributed by atoms with Crippen LogP contribution in [0.2, 0.25) is 5.02 Å². The molecule has 94 valence electrons. The van der Waals surface area contributed by atoms with Crippen molar-refractivity contribution in [2.45, 2.75) is 13.0 Å². The third kappa shape index (κ3) is 5.21. The van der Waals surface area contributed by atoms with E-state index in [0.29, 0.717) is 16.7 Å². The lowest BCUT2D eigenvalue weighted by molar-refractivity contribution is 0.179. The van der Waals surface area contributed by atoms with Crippen LogP contribution in [0, 0.1) is 0 Å². The lowest BCUT2D eigenvalue weighted by atomic mass is 10.3. The van der Waals surface area contributed by atoms with Crippen molar-refractivity contribution in [2.75, 3.05) is 19.0 Å². The summed E-state index contributed by atoms with van der Waals surface area (Å²) in [5.74, 6) is 0. The summed E-state index contributed by atoms with van der Waals surface area (Å²) in [6.07, 6.45) is 0. The van der Waals surface area contributed by atoms with Gasteiger partial charge in [-0.05, 0) is 37.3 Å². The monoisotopic (exact) mass is 336 g/mol. The molecule has 3 nitrogen and oxygen atoms in total. The highest BCUT2D eigenvalue weighted by Gasteiger charge is 2.06. The number of benzene rings is 1. The van der Waals surface area contributed by atoms with E-state index in [9.17, 15) is 0 Å². The van der Waals surface area contributed by atoms with Crippen LogP contribution in [0.1, 0.15) is 6.92 Å². The molecule has 0 aliphatic heterocycles. The molecule has 1 rings (SSSR count). The quantitative estimate of drug-likeness (QED) is 0.825. The number of hydrogen-bond donors (Lipinski definition) is 2. The molecule has 0 fully saturated rings. The molecule has 0 amide bonds. The van der Waals surface area contributed by atoms with Crippen molar-refractivity contribution in [3.8, 4) is 0 Å². The first-order valence-electron chi connectivity index (χ1n) is 5.04. The van der Waals surface area contributed by atoms with Gasteiger partial charge in [0.05, 0.1) is 17.3 Å². The molecule has 0 heterocycles. The number of nitrogens with one attached hydrogen (secondary N) is 2. The maximum absolute atomic E-state index is 6.04. The normalized spacial score (nSPS) is 12.0. The van der Waals surface area contributed by atoms with E-state index < -0.39 is 0 Å². The Labute approximate surface area is 120 Å². The van der Waals surface area contributed by atoms with E-state index in [2.05, 4.69) is 26.6 Å². The van der Waals surface area contributed by atoms with Crippen molar-refractivity contribution < 1.29 is 4.74 Å². The Balaban J connectivity index is 2.58. The van der Waals surface area contributed by atoms with E-state index >= 15 is 0 Å². The predicted octanol–water partition coefficient (Wildman–Crippen LogP) is 3.42. The Hall–Kier alpha value is -0.360. The Morgan fingerprint density at radius 1 is 1.59 bits per heavy atom. The van der Waals surface area contributed by atoms with Gasteiger partial charge in [-0.15, -0.1) is 0 Å². The second kappa shape index (κ2) is 7.16. The zero-order valence-corrected chi connectivity index (χ0v) is 12.7. The van der Waals surface area contributed by atoms with Crippen LogP contribution in [-0.4, -0.2) is 24.9 Å². The molecule has 0 bridgehead atoms. The van der Waals surface area contributed by atoms with Crippen molar-refractivity contribution in [3.63, 3.8) is 0 Å². The number of rotatable bonds is 4. The fourth-order valence-electron chi connectivity index (χ4n) is 1.27. The Kier molecular flexibility index (Phi) is 6.19. The fraction of sp³-hybridized carbons (Fsp3) is 0.364. The maximum Gasteiger partial charge on any atom is 0.171 e. The van der Waals surface area contributed by atoms with Gasteiger partial charge >= 0.3 is 0 Å². The van der Waals surface area contributed by atoms with Crippen LogP contribution in [0.25, 0.3) is 0 Å². The summed E-state index contributed by atoms with van der Waals surface area (Å²) >= 11 is 14.6. The van der Waals surface area contributed by atoms with Gasteiger partial charge in [-0.3, -0.25) is 0 Å². The molecule has 0 spiro atoms.